The van der Waals surface area contributed by atoms with E-state index >= 15 is 0 Å². The maximum absolute atomic E-state index is 10.0. The molecule has 6 heteroatoms. The van der Waals surface area contributed by atoms with Crippen molar-refractivity contribution in [1.82, 2.24) is 9.97 Å². The first-order valence-electron chi connectivity index (χ1n) is 6.08. The number of H-pyrrole nitrogens is 1. The fourth-order valence-electron chi connectivity index (χ4n) is 2.36. The van der Waals surface area contributed by atoms with Crippen molar-refractivity contribution >= 4 is 12.2 Å². The van der Waals surface area contributed by atoms with Gasteiger partial charge >= 0.3 is 0 Å². The van der Waals surface area contributed by atoms with Gasteiger partial charge in [-0.25, -0.2) is 4.98 Å². The molecule has 3 N–H and O–H groups in total. The van der Waals surface area contributed by atoms with Crippen LogP contribution in [0.1, 0.15) is 18.6 Å². The summed E-state index contributed by atoms with van der Waals surface area (Å²) in [5.74, 6) is 0.692. The molecule has 0 aromatic rings. The highest BCUT2D eigenvalue weighted by Gasteiger charge is 2.41. The summed E-state index contributed by atoms with van der Waals surface area (Å²) < 4.78 is 5.96. The van der Waals surface area contributed by atoms with Crippen LogP contribution < -0.4 is 0 Å². The van der Waals surface area contributed by atoms with Crippen molar-refractivity contribution in [1.29, 1.82) is 0 Å². The maximum Gasteiger partial charge on any atom is 0.138 e. The number of nitrogens with one attached hydrogen (secondary N) is 1. The van der Waals surface area contributed by atoms with E-state index in [-0.39, 0.29) is 0 Å². The van der Waals surface area contributed by atoms with Crippen molar-refractivity contribution in [3.63, 3.8) is 0 Å². The molecule has 4 atom stereocenters. The van der Waals surface area contributed by atoms with E-state index in [9.17, 15) is 10.2 Å². The minimum absolute atomic E-state index is 0.375. The summed E-state index contributed by atoms with van der Waals surface area (Å²) in [6.45, 7) is 1.72. The molecule has 1 fully saturated rings. The third-order valence-corrected chi connectivity index (χ3v) is 3.77. The van der Waals surface area contributed by atoms with Gasteiger partial charge in [0.2, 0.25) is 0 Å². The number of fused-ring (bicyclic) bond motifs is 1. The lowest BCUT2D eigenvalue weighted by Crippen LogP contribution is -2.28. The summed E-state index contributed by atoms with van der Waals surface area (Å²) in [5.41, 5.74) is 1.52. The molecule has 3 aliphatic heterocycles. The van der Waals surface area contributed by atoms with Crippen molar-refractivity contribution in [2.24, 2.45) is 0 Å². The van der Waals surface area contributed by atoms with Crippen LogP contribution in [-0.4, -0.2) is 38.5 Å². The Balaban J connectivity index is 2.09. The first-order valence-corrected chi connectivity index (χ1v) is 6.48. The highest BCUT2D eigenvalue weighted by Crippen LogP contribution is 2.35. The van der Waals surface area contributed by atoms with Gasteiger partial charge in [0, 0.05) is 17.3 Å². The summed E-state index contributed by atoms with van der Waals surface area (Å²) in [6.07, 6.45) is -1.17. The van der Waals surface area contributed by atoms with Gasteiger partial charge in [-0.1, -0.05) is 12.2 Å². The molecule has 3 heterocycles. The quantitative estimate of drug-likeness (QED) is 0.688. The molecule has 3 rings (SSSR count). The van der Waals surface area contributed by atoms with Gasteiger partial charge in [-0.2, -0.15) is 0 Å². The minimum atomic E-state index is -0.983. The molecule has 5 nitrogen and oxygen atoms in total. The van der Waals surface area contributed by atoms with Gasteiger partial charge < -0.3 is 19.9 Å². The average Bonchev–Trinajstić information content (AvgIpc) is 2.66. The summed E-state index contributed by atoms with van der Waals surface area (Å²) in [6, 6.07) is 5.61. The molecule has 0 radical (unpaired) electrons. The van der Waals surface area contributed by atoms with Gasteiger partial charge in [0.1, 0.15) is 28.8 Å². The number of pyridine rings is 2. The van der Waals surface area contributed by atoms with E-state index in [0.717, 1.165) is 5.56 Å². The number of ether oxygens (including phenoxy) is 1. The Hall–Kier alpha value is -1.34. The lowest BCUT2D eigenvalue weighted by molar-refractivity contribution is 0.0147. The number of nitrogens with zero attached hydrogens (tertiary/aromatic N) is 1. The predicted molar refractivity (Wildman–Crippen MR) is 71.3 cm³/mol. The molecule has 19 heavy (non-hydrogen) atoms. The predicted octanol–water partition coefficient (Wildman–Crippen LogP) is 1.43. The minimum Gasteiger partial charge on any atom is -0.388 e. The second-order valence-electron chi connectivity index (χ2n) is 4.73. The molecule has 0 aliphatic carbocycles. The van der Waals surface area contributed by atoms with Crippen LogP contribution in [0.2, 0.25) is 0 Å². The molecule has 1 saturated heterocycles. The highest BCUT2D eigenvalue weighted by molar-refractivity contribution is 7.71. The molecule has 0 amide bonds. The summed E-state index contributed by atoms with van der Waals surface area (Å²) >= 11 is 5.24. The Labute approximate surface area is 115 Å². The van der Waals surface area contributed by atoms with E-state index in [0.29, 0.717) is 16.0 Å². The normalized spacial score (nSPS) is 30.9. The van der Waals surface area contributed by atoms with E-state index in [2.05, 4.69) is 9.97 Å². The fraction of sp³-hybridized carbons (Fsp3) is 0.385. The zero-order valence-corrected chi connectivity index (χ0v) is 11.1. The lowest BCUT2D eigenvalue weighted by Gasteiger charge is -2.16. The van der Waals surface area contributed by atoms with E-state index in [1.54, 1.807) is 13.1 Å². The Kier molecular flexibility index (Phi) is 3.10. The first kappa shape index (κ1) is 12.7. The molecule has 0 aromatic heterocycles. The van der Waals surface area contributed by atoms with Crippen molar-refractivity contribution in [3.05, 3.63) is 34.6 Å². The van der Waals surface area contributed by atoms with Gasteiger partial charge in [-0.05, 0) is 25.1 Å². The van der Waals surface area contributed by atoms with Crippen LogP contribution in [0.3, 0.4) is 0 Å². The number of aromatic nitrogens is 2. The van der Waals surface area contributed by atoms with Crippen LogP contribution in [0.4, 0.5) is 0 Å². The van der Waals surface area contributed by atoms with Crippen LogP contribution in [-0.2, 0) is 4.74 Å². The summed E-state index contributed by atoms with van der Waals surface area (Å²) in [7, 11) is 0. The molecular formula is C13H14N2O3S. The van der Waals surface area contributed by atoms with E-state index in [1.165, 1.54) is 0 Å². The third-order valence-electron chi connectivity index (χ3n) is 3.45. The number of aromatic amines is 1. The monoisotopic (exact) mass is 278 g/mol. The molecule has 1 unspecified atom stereocenters. The van der Waals surface area contributed by atoms with Gasteiger partial charge in [0.25, 0.3) is 0 Å². The van der Waals surface area contributed by atoms with Crippen LogP contribution in [0, 0.1) is 4.64 Å². The maximum atomic E-state index is 10.0. The third kappa shape index (κ3) is 2.06. The Morgan fingerprint density at radius 1 is 1.37 bits per heavy atom. The Bertz CT molecular complexity index is 630. The largest absolute Gasteiger partial charge is 0.388 e. The first-order chi connectivity index (χ1) is 9.08. The molecule has 0 bridgehead atoms. The van der Waals surface area contributed by atoms with Crippen molar-refractivity contribution in [2.75, 3.05) is 0 Å². The van der Waals surface area contributed by atoms with Gasteiger partial charge in [0.05, 0.1) is 6.10 Å². The molecule has 0 aromatic carbocycles. The van der Waals surface area contributed by atoms with Crippen LogP contribution in [0.5, 0.6) is 0 Å². The Morgan fingerprint density at radius 2 is 2.16 bits per heavy atom. The zero-order valence-electron chi connectivity index (χ0n) is 10.3. The second kappa shape index (κ2) is 4.64. The average molecular weight is 278 g/mol. The van der Waals surface area contributed by atoms with E-state index in [4.69, 9.17) is 17.0 Å². The number of hydrogen-bond acceptors (Lipinski definition) is 5. The Morgan fingerprint density at radius 3 is 2.84 bits per heavy atom. The van der Waals surface area contributed by atoms with Crippen LogP contribution in [0.15, 0.2) is 24.4 Å². The fourth-order valence-corrected chi connectivity index (χ4v) is 2.63. The summed E-state index contributed by atoms with van der Waals surface area (Å²) in [4.78, 5) is 7.30. The lowest BCUT2D eigenvalue weighted by atomic mass is 10.0. The molecule has 100 valence electrons. The number of hydrogen-bond donors (Lipinski definition) is 3. The van der Waals surface area contributed by atoms with Crippen LogP contribution in [0.25, 0.3) is 11.4 Å². The number of aliphatic hydroxyl groups is 2. The SMILES string of the molecule is C[C@H]1O[C@@H](c2cc3ccc[nH]c-3nc2=S)[C@@H](O)C1O. The van der Waals surface area contributed by atoms with E-state index < -0.39 is 24.4 Å². The van der Waals surface area contributed by atoms with Gasteiger partial charge in [0.15, 0.2) is 0 Å². The highest BCUT2D eigenvalue weighted by atomic mass is 32.1. The smallest absolute Gasteiger partial charge is 0.138 e. The zero-order chi connectivity index (χ0) is 13.6. The number of rotatable bonds is 1. The van der Waals surface area contributed by atoms with Crippen molar-refractivity contribution in [2.45, 2.75) is 31.3 Å². The van der Waals surface area contributed by atoms with Gasteiger partial charge in [-0.3, -0.25) is 0 Å². The topological polar surface area (TPSA) is 78.4 Å². The molecular weight excluding hydrogens is 264 g/mol. The molecule has 0 spiro atoms. The van der Waals surface area contributed by atoms with Crippen molar-refractivity contribution in [3.8, 4) is 11.4 Å². The van der Waals surface area contributed by atoms with Crippen LogP contribution >= 0.6 is 12.2 Å². The van der Waals surface area contributed by atoms with Crippen molar-refractivity contribution < 1.29 is 14.9 Å². The van der Waals surface area contributed by atoms with Gasteiger partial charge in [-0.15, -0.1) is 0 Å². The number of aliphatic hydroxyl groups excluding tert-OH is 2. The molecule has 0 saturated carbocycles. The molecule has 3 aliphatic rings. The standard InChI is InChI=1S/C13H14N2O3S/c1-6-9(16)10(17)11(18-6)8-5-7-3-2-4-14-12(7)15-13(8)19/h2-6,9-11,16-17H,1H3,(H,14,15,19)/t6-,9?,10+,11+/m1/s1. The summed E-state index contributed by atoms with van der Waals surface area (Å²) in [5, 5.41) is 19.8. The van der Waals surface area contributed by atoms with E-state index in [1.807, 2.05) is 18.2 Å². The second-order valence-corrected chi connectivity index (χ2v) is 5.12.